The van der Waals surface area contributed by atoms with E-state index in [0.29, 0.717) is 12.0 Å². The van der Waals surface area contributed by atoms with E-state index in [2.05, 4.69) is 13.8 Å². The molecule has 14 heavy (non-hydrogen) atoms. The summed E-state index contributed by atoms with van der Waals surface area (Å²) in [7, 11) is 0. The van der Waals surface area contributed by atoms with Crippen molar-refractivity contribution >= 4 is 6.09 Å². The van der Waals surface area contributed by atoms with E-state index in [4.69, 9.17) is 4.74 Å². The summed E-state index contributed by atoms with van der Waals surface area (Å²) in [4.78, 5) is 13.5. The Bertz CT molecular complexity index is 220. The van der Waals surface area contributed by atoms with Gasteiger partial charge in [-0.3, -0.25) is 0 Å². The molecular formula is C11H21NO2. The maximum absolute atomic E-state index is 11.7. The maximum atomic E-state index is 11.7. The molecule has 1 saturated heterocycles. The highest BCUT2D eigenvalue weighted by Gasteiger charge is 2.32. The van der Waals surface area contributed by atoms with Gasteiger partial charge in [-0.1, -0.05) is 6.92 Å². The first-order valence-corrected chi connectivity index (χ1v) is 5.29. The van der Waals surface area contributed by atoms with E-state index in [-0.39, 0.29) is 11.7 Å². The van der Waals surface area contributed by atoms with Crippen molar-refractivity contribution in [3.05, 3.63) is 0 Å². The number of hydrogen-bond acceptors (Lipinski definition) is 2. The summed E-state index contributed by atoms with van der Waals surface area (Å²) in [6.07, 6.45) is 0.911. The van der Waals surface area contributed by atoms with Crippen LogP contribution in [-0.4, -0.2) is 29.2 Å². The van der Waals surface area contributed by atoms with E-state index in [1.54, 1.807) is 0 Å². The smallest absolute Gasteiger partial charge is 0.410 e. The van der Waals surface area contributed by atoms with Crippen molar-refractivity contribution in [3.63, 3.8) is 0 Å². The first-order chi connectivity index (χ1) is 6.29. The molecule has 1 heterocycles. The minimum atomic E-state index is -0.386. The fourth-order valence-electron chi connectivity index (χ4n) is 1.87. The molecule has 2 atom stereocenters. The van der Waals surface area contributed by atoms with Crippen LogP contribution in [-0.2, 0) is 4.74 Å². The molecule has 3 nitrogen and oxygen atoms in total. The average Bonchev–Trinajstić information content (AvgIpc) is 2.26. The molecule has 0 aromatic rings. The van der Waals surface area contributed by atoms with Gasteiger partial charge in [0.1, 0.15) is 5.60 Å². The summed E-state index contributed by atoms with van der Waals surface area (Å²) < 4.78 is 5.33. The minimum absolute atomic E-state index is 0.172. The number of carbonyl (C=O) groups is 1. The second kappa shape index (κ2) is 3.79. The SMILES string of the molecule is CC1C[C@@H](C)N(C(=O)OC(C)(C)C)C1. The monoisotopic (exact) mass is 199 g/mol. The Kier molecular flexibility index (Phi) is 3.07. The molecule has 1 aliphatic rings. The van der Waals surface area contributed by atoms with Gasteiger partial charge in [-0.25, -0.2) is 4.79 Å². The van der Waals surface area contributed by atoms with Crippen molar-refractivity contribution in [1.29, 1.82) is 0 Å². The quantitative estimate of drug-likeness (QED) is 0.600. The van der Waals surface area contributed by atoms with Gasteiger partial charge in [0.2, 0.25) is 0 Å². The lowest BCUT2D eigenvalue weighted by atomic mass is 10.1. The van der Waals surface area contributed by atoms with Crippen LogP contribution in [0.25, 0.3) is 0 Å². The van der Waals surface area contributed by atoms with E-state index in [0.717, 1.165) is 13.0 Å². The van der Waals surface area contributed by atoms with Gasteiger partial charge in [-0.05, 0) is 40.0 Å². The number of carbonyl (C=O) groups excluding carboxylic acids is 1. The molecule has 1 fully saturated rings. The van der Waals surface area contributed by atoms with E-state index in [1.165, 1.54) is 0 Å². The Morgan fingerprint density at radius 3 is 2.29 bits per heavy atom. The molecule has 3 heteroatoms. The molecule has 0 aromatic carbocycles. The highest BCUT2D eigenvalue weighted by molar-refractivity contribution is 5.68. The van der Waals surface area contributed by atoms with Crippen LogP contribution in [0.15, 0.2) is 0 Å². The molecule has 0 aliphatic carbocycles. The minimum Gasteiger partial charge on any atom is -0.444 e. The maximum Gasteiger partial charge on any atom is 0.410 e. The first-order valence-electron chi connectivity index (χ1n) is 5.29. The summed E-state index contributed by atoms with van der Waals surface area (Å²) in [5.74, 6) is 0.595. The van der Waals surface area contributed by atoms with Gasteiger partial charge in [-0.2, -0.15) is 0 Å². The van der Waals surface area contributed by atoms with E-state index in [1.807, 2.05) is 25.7 Å². The molecule has 82 valence electrons. The van der Waals surface area contributed by atoms with Crippen LogP contribution in [0.2, 0.25) is 0 Å². The number of ether oxygens (including phenoxy) is 1. The molecule has 0 spiro atoms. The van der Waals surface area contributed by atoms with Crippen molar-refractivity contribution in [2.24, 2.45) is 5.92 Å². The zero-order chi connectivity index (χ0) is 10.9. The number of hydrogen-bond donors (Lipinski definition) is 0. The van der Waals surface area contributed by atoms with Crippen LogP contribution in [0.4, 0.5) is 4.79 Å². The zero-order valence-corrected chi connectivity index (χ0v) is 9.83. The lowest BCUT2D eigenvalue weighted by Crippen LogP contribution is -2.38. The van der Waals surface area contributed by atoms with Crippen LogP contribution < -0.4 is 0 Å². The molecular weight excluding hydrogens is 178 g/mol. The fraction of sp³-hybridized carbons (Fsp3) is 0.909. The van der Waals surface area contributed by atoms with Crippen molar-refractivity contribution in [1.82, 2.24) is 4.90 Å². The van der Waals surface area contributed by atoms with E-state index < -0.39 is 0 Å². The Hall–Kier alpha value is -0.730. The summed E-state index contributed by atoms with van der Waals surface area (Å²) in [6, 6.07) is 0.319. The summed E-state index contributed by atoms with van der Waals surface area (Å²) >= 11 is 0. The molecule has 0 bridgehead atoms. The predicted octanol–water partition coefficient (Wildman–Crippen LogP) is 2.65. The first kappa shape index (κ1) is 11.3. The average molecular weight is 199 g/mol. The third-order valence-electron chi connectivity index (χ3n) is 2.41. The second-order valence-electron chi connectivity index (χ2n) is 5.32. The second-order valence-corrected chi connectivity index (χ2v) is 5.32. The van der Waals surface area contributed by atoms with Gasteiger partial charge in [0, 0.05) is 12.6 Å². The van der Waals surface area contributed by atoms with Crippen molar-refractivity contribution in [2.45, 2.75) is 52.7 Å². The van der Waals surface area contributed by atoms with E-state index in [9.17, 15) is 4.79 Å². The highest BCUT2D eigenvalue weighted by atomic mass is 16.6. The summed E-state index contributed by atoms with van der Waals surface area (Å²) in [6.45, 7) is 10.8. The fourth-order valence-corrected chi connectivity index (χ4v) is 1.87. The summed E-state index contributed by atoms with van der Waals surface area (Å²) in [5, 5.41) is 0. The van der Waals surface area contributed by atoms with Gasteiger partial charge >= 0.3 is 6.09 Å². The van der Waals surface area contributed by atoms with Gasteiger partial charge in [0.25, 0.3) is 0 Å². The van der Waals surface area contributed by atoms with E-state index >= 15 is 0 Å². The third kappa shape index (κ3) is 2.89. The van der Waals surface area contributed by atoms with Gasteiger partial charge in [-0.15, -0.1) is 0 Å². The van der Waals surface area contributed by atoms with Crippen molar-refractivity contribution in [2.75, 3.05) is 6.54 Å². The van der Waals surface area contributed by atoms with Crippen LogP contribution in [0.5, 0.6) is 0 Å². The van der Waals surface area contributed by atoms with Crippen LogP contribution in [0.3, 0.4) is 0 Å². The van der Waals surface area contributed by atoms with Gasteiger partial charge in [0.05, 0.1) is 0 Å². The van der Waals surface area contributed by atoms with Crippen LogP contribution in [0, 0.1) is 5.92 Å². The lowest BCUT2D eigenvalue weighted by Gasteiger charge is -2.26. The zero-order valence-electron chi connectivity index (χ0n) is 9.83. The molecule has 1 rings (SSSR count). The molecule has 0 N–H and O–H groups in total. The molecule has 0 aromatic heterocycles. The molecule has 0 saturated carbocycles. The topological polar surface area (TPSA) is 29.5 Å². The third-order valence-corrected chi connectivity index (χ3v) is 2.41. The Balaban J connectivity index is 2.53. The predicted molar refractivity (Wildman–Crippen MR) is 56.2 cm³/mol. The van der Waals surface area contributed by atoms with Gasteiger partial charge in [0.15, 0.2) is 0 Å². The van der Waals surface area contributed by atoms with Gasteiger partial charge < -0.3 is 9.64 Å². The number of amides is 1. The Morgan fingerprint density at radius 2 is 1.93 bits per heavy atom. The molecule has 1 aliphatic heterocycles. The number of likely N-dealkylation sites (tertiary alicyclic amines) is 1. The molecule has 1 amide bonds. The van der Waals surface area contributed by atoms with Crippen molar-refractivity contribution in [3.8, 4) is 0 Å². The highest BCUT2D eigenvalue weighted by Crippen LogP contribution is 2.24. The molecule has 0 radical (unpaired) electrons. The normalized spacial score (nSPS) is 27.9. The lowest BCUT2D eigenvalue weighted by molar-refractivity contribution is 0.0234. The van der Waals surface area contributed by atoms with Crippen LogP contribution in [0.1, 0.15) is 41.0 Å². The summed E-state index contributed by atoms with van der Waals surface area (Å²) in [5.41, 5.74) is -0.386. The number of rotatable bonds is 0. The standard InChI is InChI=1S/C11H21NO2/c1-8-6-9(2)12(7-8)10(13)14-11(3,4)5/h8-9H,6-7H2,1-5H3/t8?,9-/m1/s1. The number of nitrogens with zero attached hydrogens (tertiary/aromatic N) is 1. The Morgan fingerprint density at radius 1 is 1.36 bits per heavy atom. The van der Waals surface area contributed by atoms with Crippen molar-refractivity contribution < 1.29 is 9.53 Å². The van der Waals surface area contributed by atoms with Crippen LogP contribution >= 0.6 is 0 Å². The Labute approximate surface area is 86.4 Å². The largest absolute Gasteiger partial charge is 0.444 e. The molecule has 1 unspecified atom stereocenters.